The third-order valence-electron chi connectivity index (χ3n) is 2.89. The summed E-state index contributed by atoms with van der Waals surface area (Å²) in [6.45, 7) is 3.92. The molecule has 2 aromatic rings. The molecule has 0 aliphatic heterocycles. The molecule has 1 N–H and O–H groups in total. The fourth-order valence-electron chi connectivity index (χ4n) is 1.83. The maximum Gasteiger partial charge on any atom is 0.261 e. The maximum atomic E-state index is 12.4. The molecular weight excluding hydrogens is 382 g/mol. The number of ether oxygens (including phenoxy) is 2. The van der Waals surface area contributed by atoms with E-state index in [4.69, 9.17) is 9.47 Å². The Balaban J connectivity index is 2.24. The molecule has 0 aliphatic rings. The molecule has 2 aromatic carbocycles. The Hall–Kier alpha value is -1.99. The number of hydrogen-bond acceptors (Lipinski definition) is 4. The van der Waals surface area contributed by atoms with Crippen LogP contribution < -0.4 is 14.2 Å². The number of rotatable bonds is 7. The van der Waals surface area contributed by atoms with Crippen molar-refractivity contribution in [2.24, 2.45) is 0 Å². The Labute approximate surface area is 144 Å². The van der Waals surface area contributed by atoms with Crippen LogP contribution in [0.3, 0.4) is 0 Å². The van der Waals surface area contributed by atoms with Gasteiger partial charge in [0.05, 0.1) is 22.2 Å². The fourth-order valence-corrected chi connectivity index (χ4v) is 3.60. The normalized spacial score (nSPS) is 10.9. The van der Waals surface area contributed by atoms with Crippen LogP contribution >= 0.6 is 15.9 Å². The van der Waals surface area contributed by atoms with Crippen LogP contribution in [0.2, 0.25) is 0 Å². The quantitative estimate of drug-likeness (QED) is 0.721. The first-order valence-corrected chi connectivity index (χ1v) is 8.94. The van der Waals surface area contributed by atoms with Crippen LogP contribution in [0.5, 0.6) is 11.5 Å². The Morgan fingerprint density at radius 2 is 2.04 bits per heavy atom. The third kappa shape index (κ3) is 4.49. The van der Waals surface area contributed by atoms with Crippen molar-refractivity contribution >= 4 is 31.6 Å². The summed E-state index contributed by atoms with van der Waals surface area (Å²) in [5.41, 5.74) is 0.415. The molecule has 0 saturated heterocycles. The summed E-state index contributed by atoms with van der Waals surface area (Å²) in [7, 11) is -2.19. The van der Waals surface area contributed by atoms with E-state index in [9.17, 15) is 8.42 Å². The maximum absolute atomic E-state index is 12.4. The highest BCUT2D eigenvalue weighted by atomic mass is 79.9. The SMILES string of the molecule is C=CCOc1cccc(NS(=O)(=O)c2ccc(OC)c(Br)c2)c1. The van der Waals surface area contributed by atoms with E-state index >= 15 is 0 Å². The monoisotopic (exact) mass is 397 g/mol. The zero-order valence-corrected chi connectivity index (χ0v) is 14.9. The summed E-state index contributed by atoms with van der Waals surface area (Å²) in [6, 6.07) is 11.3. The number of anilines is 1. The lowest BCUT2D eigenvalue weighted by atomic mass is 10.3. The van der Waals surface area contributed by atoms with E-state index in [0.717, 1.165) is 0 Å². The van der Waals surface area contributed by atoms with Gasteiger partial charge in [0.1, 0.15) is 18.1 Å². The van der Waals surface area contributed by atoms with Crippen LogP contribution in [0.1, 0.15) is 0 Å². The van der Waals surface area contributed by atoms with Crippen molar-refractivity contribution < 1.29 is 17.9 Å². The van der Waals surface area contributed by atoms with Crippen molar-refractivity contribution in [1.82, 2.24) is 0 Å². The molecule has 0 bridgehead atoms. The molecule has 0 fully saturated rings. The number of sulfonamides is 1. The molecule has 0 radical (unpaired) electrons. The van der Waals surface area contributed by atoms with Crippen molar-refractivity contribution in [3.63, 3.8) is 0 Å². The smallest absolute Gasteiger partial charge is 0.261 e. The summed E-state index contributed by atoms with van der Waals surface area (Å²) in [5.74, 6) is 1.12. The van der Waals surface area contributed by atoms with Gasteiger partial charge in [0.15, 0.2) is 0 Å². The molecule has 0 unspecified atom stereocenters. The Bertz CT molecular complexity index is 805. The van der Waals surface area contributed by atoms with E-state index in [1.54, 1.807) is 36.4 Å². The van der Waals surface area contributed by atoms with Gasteiger partial charge >= 0.3 is 0 Å². The van der Waals surface area contributed by atoms with Crippen LogP contribution in [-0.4, -0.2) is 22.1 Å². The lowest BCUT2D eigenvalue weighted by Gasteiger charge is -2.11. The summed E-state index contributed by atoms with van der Waals surface area (Å²) in [6.07, 6.45) is 1.62. The second-order valence-corrected chi connectivity index (χ2v) is 7.07. The highest BCUT2D eigenvalue weighted by Crippen LogP contribution is 2.28. The molecule has 0 aromatic heterocycles. The zero-order chi connectivity index (χ0) is 16.9. The Morgan fingerprint density at radius 3 is 2.70 bits per heavy atom. The lowest BCUT2D eigenvalue weighted by molar-refractivity contribution is 0.363. The molecular formula is C16H16BrNO4S. The molecule has 0 atom stereocenters. The summed E-state index contributed by atoms with van der Waals surface area (Å²) < 4.78 is 38.5. The molecule has 5 nitrogen and oxygen atoms in total. The molecule has 0 heterocycles. The van der Waals surface area contributed by atoms with Crippen molar-refractivity contribution in [1.29, 1.82) is 0 Å². The topological polar surface area (TPSA) is 64.6 Å². The van der Waals surface area contributed by atoms with Crippen LogP contribution in [0.25, 0.3) is 0 Å². The van der Waals surface area contributed by atoms with Gasteiger partial charge in [0, 0.05) is 6.07 Å². The first-order chi connectivity index (χ1) is 11.0. The molecule has 0 saturated carbocycles. The molecule has 0 spiro atoms. The second-order valence-electron chi connectivity index (χ2n) is 4.53. The van der Waals surface area contributed by atoms with Crippen molar-refractivity contribution in [2.75, 3.05) is 18.4 Å². The fraction of sp³-hybridized carbons (Fsp3) is 0.125. The van der Waals surface area contributed by atoms with E-state index in [1.165, 1.54) is 19.2 Å². The van der Waals surface area contributed by atoms with Gasteiger partial charge in [-0.2, -0.15) is 0 Å². The predicted molar refractivity (Wildman–Crippen MR) is 93.6 cm³/mol. The van der Waals surface area contributed by atoms with Crippen molar-refractivity contribution in [3.8, 4) is 11.5 Å². The minimum atomic E-state index is -3.71. The largest absolute Gasteiger partial charge is 0.496 e. The van der Waals surface area contributed by atoms with Gasteiger partial charge in [-0.15, -0.1) is 0 Å². The van der Waals surface area contributed by atoms with Crippen molar-refractivity contribution in [2.45, 2.75) is 4.90 Å². The average Bonchev–Trinajstić information content (AvgIpc) is 2.52. The van der Waals surface area contributed by atoms with Gasteiger partial charge in [0.25, 0.3) is 10.0 Å². The van der Waals surface area contributed by atoms with Crippen LogP contribution in [-0.2, 0) is 10.0 Å². The van der Waals surface area contributed by atoms with Crippen LogP contribution in [0.15, 0.2) is 64.5 Å². The summed E-state index contributed by atoms with van der Waals surface area (Å²) in [5, 5.41) is 0. The molecule has 122 valence electrons. The predicted octanol–water partition coefficient (Wildman–Crippen LogP) is 3.82. The number of hydrogen-bond donors (Lipinski definition) is 1. The van der Waals surface area contributed by atoms with Gasteiger partial charge in [-0.3, -0.25) is 4.72 Å². The van der Waals surface area contributed by atoms with Crippen LogP contribution in [0.4, 0.5) is 5.69 Å². The van der Waals surface area contributed by atoms with Crippen LogP contribution in [0, 0.1) is 0 Å². The van der Waals surface area contributed by atoms with E-state index in [1.807, 2.05) is 0 Å². The van der Waals surface area contributed by atoms with E-state index < -0.39 is 10.0 Å². The number of benzene rings is 2. The van der Waals surface area contributed by atoms with Crippen molar-refractivity contribution in [3.05, 3.63) is 59.6 Å². The standard InChI is InChI=1S/C16H16BrNO4S/c1-3-9-22-13-6-4-5-12(10-13)18-23(19,20)14-7-8-16(21-2)15(17)11-14/h3-8,10-11,18H,1,9H2,2H3. The van der Waals surface area contributed by atoms with Gasteiger partial charge in [-0.05, 0) is 46.3 Å². The number of nitrogens with one attached hydrogen (secondary N) is 1. The molecule has 7 heteroatoms. The number of halogens is 1. The highest BCUT2D eigenvalue weighted by molar-refractivity contribution is 9.10. The molecule has 23 heavy (non-hydrogen) atoms. The summed E-state index contributed by atoms with van der Waals surface area (Å²) >= 11 is 3.28. The number of methoxy groups -OCH3 is 1. The Kier molecular flexibility index (Phi) is 5.68. The molecule has 2 rings (SSSR count). The van der Waals surface area contributed by atoms with E-state index in [-0.39, 0.29) is 4.90 Å². The molecule has 0 amide bonds. The van der Waals surface area contributed by atoms with Gasteiger partial charge < -0.3 is 9.47 Å². The Morgan fingerprint density at radius 1 is 1.26 bits per heavy atom. The van der Waals surface area contributed by atoms with Gasteiger partial charge in [0.2, 0.25) is 0 Å². The van der Waals surface area contributed by atoms with E-state index in [0.29, 0.717) is 28.3 Å². The zero-order valence-electron chi connectivity index (χ0n) is 12.5. The average molecular weight is 398 g/mol. The minimum absolute atomic E-state index is 0.127. The first-order valence-electron chi connectivity index (χ1n) is 6.66. The van der Waals surface area contributed by atoms with Gasteiger partial charge in [-0.1, -0.05) is 18.7 Å². The van der Waals surface area contributed by atoms with Gasteiger partial charge in [-0.25, -0.2) is 8.42 Å². The van der Waals surface area contributed by atoms with E-state index in [2.05, 4.69) is 27.2 Å². The summed E-state index contributed by atoms with van der Waals surface area (Å²) in [4.78, 5) is 0.127. The third-order valence-corrected chi connectivity index (χ3v) is 4.89. The lowest BCUT2D eigenvalue weighted by Crippen LogP contribution is -2.13. The highest BCUT2D eigenvalue weighted by Gasteiger charge is 2.16. The minimum Gasteiger partial charge on any atom is -0.496 e. The first kappa shape index (κ1) is 17.4. The molecule has 0 aliphatic carbocycles. The second kappa shape index (κ2) is 7.52.